The topological polar surface area (TPSA) is 65.4 Å². The molecule has 62 valence electrons. The maximum absolute atomic E-state index is 8.33. The highest BCUT2D eigenvalue weighted by molar-refractivity contribution is 5.76. The van der Waals surface area contributed by atoms with Crippen molar-refractivity contribution in [2.24, 2.45) is 0 Å². The van der Waals surface area contributed by atoms with Gasteiger partial charge in [0.1, 0.15) is 11.0 Å². The van der Waals surface area contributed by atoms with E-state index in [1.54, 1.807) is 6.08 Å². The summed E-state index contributed by atoms with van der Waals surface area (Å²) in [6.45, 7) is 0. The largest absolute Gasteiger partial charge is 0.197 e. The molecule has 4 nitrogen and oxygen atoms in total. The molecule has 0 saturated carbocycles. The normalized spacial score (nSPS) is 10.7. The fraction of sp³-hybridized carbons (Fsp3) is 0. The zero-order valence-electron chi connectivity index (χ0n) is 6.73. The molecule has 2 aromatic rings. The lowest BCUT2D eigenvalue weighted by Crippen LogP contribution is -1.73. The smallest absolute Gasteiger partial charge is 0.113 e. The van der Waals surface area contributed by atoms with E-state index < -0.39 is 0 Å². The maximum atomic E-state index is 8.33. The van der Waals surface area contributed by atoms with Gasteiger partial charge in [0.25, 0.3) is 0 Å². The summed E-state index contributed by atoms with van der Waals surface area (Å²) in [6.07, 6.45) is 3.16. The predicted octanol–water partition coefficient (Wildman–Crippen LogP) is 1.49. The highest BCUT2D eigenvalue weighted by Gasteiger charge is 1.96. The molecule has 13 heavy (non-hydrogen) atoms. The van der Waals surface area contributed by atoms with Crippen LogP contribution in [0.5, 0.6) is 0 Å². The molecule has 0 spiro atoms. The second-order valence-corrected chi connectivity index (χ2v) is 2.53. The number of nitriles is 1. The van der Waals surface area contributed by atoms with Crippen LogP contribution >= 0.6 is 0 Å². The van der Waals surface area contributed by atoms with Crippen molar-refractivity contribution < 1.29 is 0 Å². The Morgan fingerprint density at radius 2 is 2.15 bits per heavy atom. The molecule has 1 heterocycles. The standard InChI is InChI=1S/C9H6N4/c10-5-1-2-7-3-4-8-9(6-7)12-13-11-8/h1-4,6H,(H,11,12,13). The minimum atomic E-state index is 0.806. The summed E-state index contributed by atoms with van der Waals surface area (Å²) in [4.78, 5) is 0. The van der Waals surface area contributed by atoms with Crippen LogP contribution in [0.2, 0.25) is 0 Å². The van der Waals surface area contributed by atoms with Crippen molar-refractivity contribution in [1.82, 2.24) is 15.4 Å². The lowest BCUT2D eigenvalue weighted by Gasteiger charge is -1.89. The van der Waals surface area contributed by atoms with Crippen LogP contribution in [0.4, 0.5) is 0 Å². The fourth-order valence-electron chi connectivity index (χ4n) is 1.09. The zero-order chi connectivity index (χ0) is 9.10. The highest BCUT2D eigenvalue weighted by atomic mass is 15.3. The van der Waals surface area contributed by atoms with Crippen molar-refractivity contribution in [3.05, 3.63) is 29.8 Å². The lowest BCUT2D eigenvalue weighted by molar-refractivity contribution is 0.959. The summed E-state index contributed by atoms with van der Waals surface area (Å²) >= 11 is 0. The summed E-state index contributed by atoms with van der Waals surface area (Å²) in [5.74, 6) is 0. The van der Waals surface area contributed by atoms with Crippen LogP contribution < -0.4 is 0 Å². The van der Waals surface area contributed by atoms with E-state index in [1.807, 2.05) is 24.3 Å². The number of nitrogens with zero attached hydrogens (tertiary/aromatic N) is 3. The Kier molecular flexibility index (Phi) is 1.77. The molecule has 0 atom stereocenters. The van der Waals surface area contributed by atoms with Crippen molar-refractivity contribution in [2.45, 2.75) is 0 Å². The fourth-order valence-corrected chi connectivity index (χ4v) is 1.09. The van der Waals surface area contributed by atoms with Crippen molar-refractivity contribution >= 4 is 17.1 Å². The van der Waals surface area contributed by atoms with E-state index in [0.29, 0.717) is 0 Å². The average Bonchev–Trinajstić information content (AvgIpc) is 2.61. The maximum Gasteiger partial charge on any atom is 0.113 e. The summed E-state index contributed by atoms with van der Waals surface area (Å²) in [5, 5.41) is 18.7. The SMILES string of the molecule is N#CC=Cc1ccc2n[nH]nc2c1. The van der Waals surface area contributed by atoms with E-state index in [2.05, 4.69) is 15.4 Å². The van der Waals surface area contributed by atoms with Gasteiger partial charge in [0.05, 0.1) is 6.07 Å². The Balaban J connectivity index is 2.49. The Hall–Kier alpha value is -2.15. The van der Waals surface area contributed by atoms with E-state index >= 15 is 0 Å². The monoisotopic (exact) mass is 170 g/mol. The lowest BCUT2D eigenvalue weighted by atomic mass is 10.2. The van der Waals surface area contributed by atoms with Crippen LogP contribution in [0.15, 0.2) is 24.3 Å². The summed E-state index contributed by atoms with van der Waals surface area (Å²) in [7, 11) is 0. The van der Waals surface area contributed by atoms with Crippen molar-refractivity contribution in [2.75, 3.05) is 0 Å². The Morgan fingerprint density at radius 3 is 3.00 bits per heavy atom. The number of H-pyrrole nitrogens is 1. The van der Waals surface area contributed by atoms with Gasteiger partial charge in [0.15, 0.2) is 0 Å². The van der Waals surface area contributed by atoms with E-state index in [9.17, 15) is 0 Å². The Bertz CT molecular complexity index is 490. The average molecular weight is 170 g/mol. The molecule has 0 aliphatic heterocycles. The zero-order valence-corrected chi connectivity index (χ0v) is 6.73. The van der Waals surface area contributed by atoms with Crippen LogP contribution in [0.3, 0.4) is 0 Å². The van der Waals surface area contributed by atoms with Gasteiger partial charge in [-0.25, -0.2) is 0 Å². The van der Waals surface area contributed by atoms with Gasteiger partial charge in [-0.1, -0.05) is 6.07 Å². The number of rotatable bonds is 1. The van der Waals surface area contributed by atoms with E-state index in [4.69, 9.17) is 5.26 Å². The molecule has 0 unspecified atom stereocenters. The van der Waals surface area contributed by atoms with Crippen LogP contribution in [-0.4, -0.2) is 15.4 Å². The number of benzene rings is 1. The number of nitrogens with one attached hydrogen (secondary N) is 1. The second kappa shape index (κ2) is 3.07. The summed E-state index contributed by atoms with van der Waals surface area (Å²) < 4.78 is 0. The van der Waals surface area contributed by atoms with E-state index in [1.165, 1.54) is 6.08 Å². The Labute approximate surface area is 74.5 Å². The molecule has 0 aliphatic rings. The molecule has 0 aliphatic carbocycles. The second-order valence-electron chi connectivity index (χ2n) is 2.53. The minimum Gasteiger partial charge on any atom is -0.197 e. The molecule has 0 radical (unpaired) electrons. The molecule has 1 aromatic carbocycles. The van der Waals surface area contributed by atoms with Gasteiger partial charge < -0.3 is 0 Å². The van der Waals surface area contributed by atoms with Crippen LogP contribution in [0, 0.1) is 11.3 Å². The van der Waals surface area contributed by atoms with E-state index in [-0.39, 0.29) is 0 Å². The van der Waals surface area contributed by atoms with E-state index in [0.717, 1.165) is 16.6 Å². The van der Waals surface area contributed by atoms with Crippen LogP contribution in [-0.2, 0) is 0 Å². The molecule has 0 saturated heterocycles. The van der Waals surface area contributed by atoms with Gasteiger partial charge in [-0.3, -0.25) is 0 Å². The molecule has 0 bridgehead atoms. The summed E-state index contributed by atoms with van der Waals surface area (Å²) in [6, 6.07) is 7.55. The molecule has 0 fully saturated rings. The molecule has 2 rings (SSSR count). The first-order chi connectivity index (χ1) is 6.40. The first kappa shape index (κ1) is 7.50. The van der Waals surface area contributed by atoms with Crippen molar-refractivity contribution in [3.63, 3.8) is 0 Å². The van der Waals surface area contributed by atoms with Crippen molar-refractivity contribution in [1.29, 1.82) is 5.26 Å². The molecule has 4 heteroatoms. The highest BCUT2D eigenvalue weighted by Crippen LogP contribution is 2.11. The number of hydrogen-bond acceptors (Lipinski definition) is 3. The van der Waals surface area contributed by atoms with Gasteiger partial charge in [0.2, 0.25) is 0 Å². The predicted molar refractivity (Wildman–Crippen MR) is 48.5 cm³/mol. The number of allylic oxidation sites excluding steroid dienone is 1. The van der Waals surface area contributed by atoms with Gasteiger partial charge in [-0.05, 0) is 23.8 Å². The molecule has 0 amide bonds. The quantitative estimate of drug-likeness (QED) is 0.659. The van der Waals surface area contributed by atoms with Gasteiger partial charge in [-0.2, -0.15) is 20.7 Å². The van der Waals surface area contributed by atoms with Gasteiger partial charge in [0, 0.05) is 6.08 Å². The third kappa shape index (κ3) is 1.40. The van der Waals surface area contributed by atoms with Crippen LogP contribution in [0.1, 0.15) is 5.56 Å². The minimum absolute atomic E-state index is 0.806. The first-order valence-corrected chi connectivity index (χ1v) is 3.77. The number of aromatic nitrogens is 3. The number of hydrogen-bond donors (Lipinski definition) is 1. The Morgan fingerprint density at radius 1 is 1.31 bits per heavy atom. The van der Waals surface area contributed by atoms with Crippen molar-refractivity contribution in [3.8, 4) is 6.07 Å². The first-order valence-electron chi connectivity index (χ1n) is 3.77. The molecule has 1 N–H and O–H groups in total. The summed E-state index contributed by atoms with van der Waals surface area (Å²) in [5.41, 5.74) is 2.58. The molecular weight excluding hydrogens is 164 g/mol. The van der Waals surface area contributed by atoms with Gasteiger partial charge in [-0.15, -0.1) is 0 Å². The third-order valence-electron chi connectivity index (χ3n) is 1.69. The number of aromatic amines is 1. The third-order valence-corrected chi connectivity index (χ3v) is 1.69. The van der Waals surface area contributed by atoms with Gasteiger partial charge >= 0.3 is 0 Å². The number of fused-ring (bicyclic) bond motifs is 1. The molecular formula is C9H6N4. The molecule has 1 aromatic heterocycles. The van der Waals surface area contributed by atoms with Crippen LogP contribution in [0.25, 0.3) is 17.1 Å².